The summed E-state index contributed by atoms with van der Waals surface area (Å²) in [5, 5.41) is -0.0681. The number of aromatic nitrogens is 1. The Balaban J connectivity index is 2.37. The lowest BCUT2D eigenvalue weighted by Gasteiger charge is -2.12. The second-order valence-electron chi connectivity index (χ2n) is 4.06. The number of anilines is 1. The van der Waals surface area contributed by atoms with Crippen molar-refractivity contribution in [1.82, 2.24) is 4.98 Å². The topological polar surface area (TPSA) is 85.1 Å². The lowest BCUT2D eigenvalue weighted by atomic mass is 10.3. The normalized spacial score (nSPS) is 11.4. The van der Waals surface area contributed by atoms with Gasteiger partial charge in [0.05, 0.1) is 5.69 Å². The molecule has 0 atom stereocenters. The summed E-state index contributed by atoms with van der Waals surface area (Å²) in [6, 6.07) is 6.54. The average molecular weight is 500 g/mol. The molecule has 0 aliphatic rings. The summed E-state index contributed by atoms with van der Waals surface area (Å²) in [4.78, 5) is 3.92. The summed E-state index contributed by atoms with van der Waals surface area (Å²) in [6.45, 7) is 0.310. The van der Waals surface area contributed by atoms with Gasteiger partial charge in [-0.2, -0.15) is 8.42 Å². The molecule has 0 amide bonds. The highest BCUT2D eigenvalue weighted by atomic mass is 79.9. The van der Waals surface area contributed by atoms with Crippen LogP contribution in [0.15, 0.2) is 48.9 Å². The smallest absolute Gasteiger partial charge is 0.279 e. The number of sulfonamides is 1. The van der Waals surface area contributed by atoms with E-state index in [-0.39, 0.29) is 5.03 Å². The van der Waals surface area contributed by atoms with Gasteiger partial charge in [0, 0.05) is 26.2 Å². The van der Waals surface area contributed by atoms with E-state index in [0.717, 1.165) is 10.0 Å². The number of nitrogens with zero attached hydrogens (tertiary/aromatic N) is 1. The second-order valence-corrected chi connectivity index (χ2v) is 8.31. The maximum Gasteiger partial charge on any atom is 0.279 e. The molecule has 3 N–H and O–H groups in total. The maximum atomic E-state index is 12.3. The third-order valence-corrected chi connectivity index (χ3v) is 5.53. The summed E-state index contributed by atoms with van der Waals surface area (Å²) in [7, 11) is -3.77. The molecule has 1 aromatic heterocycles. The largest absolute Gasteiger partial charge is 0.326 e. The predicted octanol–water partition coefficient (Wildman–Crippen LogP) is 3.63. The van der Waals surface area contributed by atoms with E-state index < -0.39 is 10.0 Å². The minimum atomic E-state index is -3.77. The number of benzene rings is 1. The quantitative estimate of drug-likeness (QED) is 0.672. The first-order valence-corrected chi connectivity index (χ1v) is 9.52. The third kappa shape index (κ3) is 4.04. The van der Waals surface area contributed by atoms with Gasteiger partial charge in [0.15, 0.2) is 5.03 Å². The molecule has 1 aromatic carbocycles. The van der Waals surface area contributed by atoms with Gasteiger partial charge in [0.25, 0.3) is 10.0 Å². The molecule has 112 valence electrons. The van der Waals surface area contributed by atoms with Gasteiger partial charge in [-0.25, -0.2) is 4.98 Å². The molecule has 21 heavy (non-hydrogen) atoms. The Bertz CT molecular complexity index is 741. The van der Waals surface area contributed by atoms with Crippen LogP contribution in [0.3, 0.4) is 0 Å². The number of hydrogen-bond donors (Lipinski definition) is 2. The molecular weight excluding hydrogens is 490 g/mol. The Morgan fingerprint density at radius 1 is 1.14 bits per heavy atom. The zero-order valence-electron chi connectivity index (χ0n) is 10.5. The van der Waals surface area contributed by atoms with E-state index in [4.69, 9.17) is 5.73 Å². The first kappa shape index (κ1) is 16.9. The molecule has 1 heterocycles. The van der Waals surface area contributed by atoms with Gasteiger partial charge < -0.3 is 5.73 Å². The molecule has 0 saturated carbocycles. The van der Waals surface area contributed by atoms with Gasteiger partial charge in [-0.05, 0) is 55.6 Å². The molecule has 2 rings (SSSR count). The fourth-order valence-electron chi connectivity index (χ4n) is 1.52. The van der Waals surface area contributed by atoms with E-state index in [1.54, 1.807) is 18.2 Å². The van der Waals surface area contributed by atoms with E-state index in [2.05, 4.69) is 57.5 Å². The molecule has 0 spiro atoms. The van der Waals surface area contributed by atoms with E-state index in [1.165, 1.54) is 12.3 Å². The summed E-state index contributed by atoms with van der Waals surface area (Å²) in [5.41, 5.74) is 6.63. The Morgan fingerprint density at radius 2 is 1.76 bits per heavy atom. The van der Waals surface area contributed by atoms with Crippen LogP contribution in [-0.2, 0) is 16.6 Å². The highest BCUT2D eigenvalue weighted by Crippen LogP contribution is 2.35. The minimum Gasteiger partial charge on any atom is -0.326 e. The fourth-order valence-corrected chi connectivity index (χ4v) is 5.27. The number of nitrogens with one attached hydrogen (secondary N) is 1. The maximum absolute atomic E-state index is 12.3. The van der Waals surface area contributed by atoms with E-state index in [9.17, 15) is 8.42 Å². The van der Waals surface area contributed by atoms with Crippen LogP contribution in [0.25, 0.3) is 0 Å². The zero-order valence-corrected chi connectivity index (χ0v) is 16.1. The molecule has 0 aliphatic heterocycles. The van der Waals surface area contributed by atoms with Crippen LogP contribution < -0.4 is 10.5 Å². The first-order valence-electron chi connectivity index (χ1n) is 5.66. The van der Waals surface area contributed by atoms with Crippen LogP contribution in [0, 0.1) is 0 Å². The fraction of sp³-hybridized carbons (Fsp3) is 0.0833. The summed E-state index contributed by atoms with van der Waals surface area (Å²) in [6.07, 6.45) is 1.44. The summed E-state index contributed by atoms with van der Waals surface area (Å²) >= 11 is 9.97. The van der Waals surface area contributed by atoms with Crippen molar-refractivity contribution in [2.24, 2.45) is 5.73 Å². The van der Waals surface area contributed by atoms with Crippen LogP contribution in [0.1, 0.15) is 5.56 Å². The molecule has 9 heteroatoms. The molecule has 0 saturated heterocycles. The molecule has 0 unspecified atom stereocenters. The highest BCUT2D eigenvalue weighted by Gasteiger charge is 2.19. The number of rotatable bonds is 4. The van der Waals surface area contributed by atoms with Gasteiger partial charge in [0.2, 0.25) is 0 Å². The minimum absolute atomic E-state index is 0.0681. The van der Waals surface area contributed by atoms with Gasteiger partial charge >= 0.3 is 0 Å². The van der Waals surface area contributed by atoms with E-state index >= 15 is 0 Å². The lowest BCUT2D eigenvalue weighted by Crippen LogP contribution is -2.15. The third-order valence-electron chi connectivity index (χ3n) is 2.55. The number of nitrogens with two attached hydrogens (primary N) is 1. The summed E-state index contributed by atoms with van der Waals surface area (Å²) < 4.78 is 29.2. The lowest BCUT2D eigenvalue weighted by molar-refractivity contribution is 0.597. The molecule has 0 radical (unpaired) electrons. The first-order chi connectivity index (χ1) is 9.83. The summed E-state index contributed by atoms with van der Waals surface area (Å²) in [5.74, 6) is 0. The number of halogens is 3. The van der Waals surface area contributed by atoms with Crippen molar-refractivity contribution in [2.75, 3.05) is 4.72 Å². The van der Waals surface area contributed by atoms with Gasteiger partial charge in [0.1, 0.15) is 0 Å². The van der Waals surface area contributed by atoms with Gasteiger partial charge in [-0.3, -0.25) is 4.72 Å². The molecule has 5 nitrogen and oxygen atoms in total. The van der Waals surface area contributed by atoms with Crippen molar-refractivity contribution in [3.8, 4) is 0 Å². The van der Waals surface area contributed by atoms with Crippen molar-refractivity contribution >= 4 is 63.5 Å². The Morgan fingerprint density at radius 3 is 2.24 bits per heavy atom. The van der Waals surface area contributed by atoms with Crippen molar-refractivity contribution in [3.05, 3.63) is 49.4 Å². The molecule has 2 aromatic rings. The number of hydrogen-bond acceptors (Lipinski definition) is 4. The SMILES string of the molecule is NCc1ccc(S(=O)(=O)Nc2c(Br)cc(Br)cc2Br)nc1. The Hall–Kier alpha value is -0.480. The zero-order chi connectivity index (χ0) is 15.6. The van der Waals surface area contributed by atoms with Crippen molar-refractivity contribution < 1.29 is 8.42 Å². The van der Waals surface area contributed by atoms with Gasteiger partial charge in [-0.15, -0.1) is 0 Å². The van der Waals surface area contributed by atoms with Crippen LogP contribution in [0.4, 0.5) is 5.69 Å². The predicted molar refractivity (Wildman–Crippen MR) is 92.5 cm³/mol. The highest BCUT2D eigenvalue weighted by molar-refractivity contribution is 9.11. The van der Waals surface area contributed by atoms with Crippen LogP contribution in [-0.4, -0.2) is 13.4 Å². The molecule has 0 bridgehead atoms. The monoisotopic (exact) mass is 497 g/mol. The van der Waals surface area contributed by atoms with E-state index in [1.807, 2.05) is 0 Å². The van der Waals surface area contributed by atoms with Crippen molar-refractivity contribution in [1.29, 1.82) is 0 Å². The Kier molecular flexibility index (Phi) is 5.42. The van der Waals surface area contributed by atoms with Crippen LogP contribution >= 0.6 is 47.8 Å². The van der Waals surface area contributed by atoms with E-state index in [0.29, 0.717) is 21.2 Å². The van der Waals surface area contributed by atoms with Crippen LogP contribution in [0.5, 0.6) is 0 Å². The van der Waals surface area contributed by atoms with Crippen LogP contribution in [0.2, 0.25) is 0 Å². The van der Waals surface area contributed by atoms with Crippen molar-refractivity contribution in [2.45, 2.75) is 11.6 Å². The molecule has 0 aliphatic carbocycles. The van der Waals surface area contributed by atoms with Crippen molar-refractivity contribution in [3.63, 3.8) is 0 Å². The van der Waals surface area contributed by atoms with Gasteiger partial charge in [-0.1, -0.05) is 22.0 Å². The standard InChI is InChI=1S/C12H10Br3N3O2S/c13-8-3-9(14)12(10(15)4-8)18-21(19,20)11-2-1-7(5-16)6-17-11/h1-4,6,18H,5,16H2. The number of pyridine rings is 1. The molecule has 0 fully saturated rings. The Labute approximate surface area is 147 Å². The average Bonchev–Trinajstić information content (AvgIpc) is 2.43. The molecular formula is C12H10Br3N3O2S. The second kappa shape index (κ2) is 6.74.